The molecule has 7 nitrogen and oxygen atoms in total. The van der Waals surface area contributed by atoms with Crippen LogP contribution in [-0.4, -0.2) is 78.6 Å². The lowest BCUT2D eigenvalue weighted by Gasteiger charge is -2.34. The van der Waals surface area contributed by atoms with Crippen LogP contribution in [0.2, 0.25) is 0 Å². The molecule has 2 aromatic carbocycles. The molecule has 3 aromatic rings. The number of methoxy groups -OCH3 is 1. The van der Waals surface area contributed by atoms with E-state index in [9.17, 15) is 4.79 Å². The van der Waals surface area contributed by atoms with Gasteiger partial charge in [-0.15, -0.1) is 0 Å². The molecule has 0 spiro atoms. The SMILES string of the molecule is COc1ccccc1CCC(=O)N1CCC[C@@H](COc2ccc(CN3CCN(Cc4cccnc4)CC3)cc2)C1. The van der Waals surface area contributed by atoms with Crippen LogP contribution in [0.5, 0.6) is 11.5 Å². The van der Waals surface area contributed by atoms with Crippen molar-refractivity contribution in [3.8, 4) is 11.5 Å². The third-order valence-corrected chi connectivity index (χ3v) is 8.08. The predicted octanol–water partition coefficient (Wildman–Crippen LogP) is 4.66. The summed E-state index contributed by atoms with van der Waals surface area (Å²) in [5.74, 6) is 2.35. The summed E-state index contributed by atoms with van der Waals surface area (Å²) in [5.41, 5.74) is 3.68. The van der Waals surface area contributed by atoms with E-state index in [1.165, 1.54) is 11.1 Å². The number of benzene rings is 2. The number of pyridine rings is 1. The number of para-hydroxylation sites is 1. The van der Waals surface area contributed by atoms with Crippen LogP contribution in [0.25, 0.3) is 0 Å². The maximum absolute atomic E-state index is 12.9. The lowest BCUT2D eigenvalue weighted by atomic mass is 9.98. The standard InChI is InChI=1S/C33H42N4O3/c1-39-32-9-3-2-8-30(32)12-15-33(38)37-17-5-7-29(25-37)26-40-31-13-10-27(11-14-31)23-35-18-20-36(21-19-35)24-28-6-4-16-34-22-28/h2-4,6,8-11,13-14,16,22,29H,5,7,12,15,17-21,23-26H2,1H3/t29-/m1/s1. The third kappa shape index (κ3) is 8.05. The molecular weight excluding hydrogens is 500 g/mol. The molecule has 0 radical (unpaired) electrons. The van der Waals surface area contributed by atoms with Gasteiger partial charge in [0.2, 0.25) is 5.91 Å². The molecule has 2 aliphatic rings. The van der Waals surface area contributed by atoms with Gasteiger partial charge >= 0.3 is 0 Å². The van der Waals surface area contributed by atoms with Crippen LogP contribution in [0, 0.1) is 5.92 Å². The summed E-state index contributed by atoms with van der Waals surface area (Å²) in [7, 11) is 1.68. The van der Waals surface area contributed by atoms with E-state index in [4.69, 9.17) is 9.47 Å². The number of piperazine rings is 1. The Balaban J connectivity index is 1.02. The Morgan fingerprint density at radius 2 is 1.65 bits per heavy atom. The van der Waals surface area contributed by atoms with Gasteiger partial charge in [0.25, 0.3) is 0 Å². The van der Waals surface area contributed by atoms with Crippen LogP contribution in [0.1, 0.15) is 36.0 Å². The van der Waals surface area contributed by atoms with Gasteiger partial charge in [-0.25, -0.2) is 0 Å². The van der Waals surface area contributed by atoms with Crippen molar-refractivity contribution in [3.63, 3.8) is 0 Å². The molecule has 0 unspecified atom stereocenters. The molecule has 2 fully saturated rings. The number of nitrogens with zero attached hydrogens (tertiary/aromatic N) is 4. The molecule has 0 bridgehead atoms. The first-order chi connectivity index (χ1) is 19.7. The number of amides is 1. The normalized spacial score (nSPS) is 18.4. The smallest absolute Gasteiger partial charge is 0.222 e. The van der Waals surface area contributed by atoms with Gasteiger partial charge in [0.1, 0.15) is 11.5 Å². The van der Waals surface area contributed by atoms with E-state index in [-0.39, 0.29) is 5.91 Å². The average Bonchev–Trinajstić information content (AvgIpc) is 3.01. The van der Waals surface area contributed by atoms with Crippen LogP contribution in [0.3, 0.4) is 0 Å². The number of carbonyl (C=O) groups is 1. The molecule has 3 heterocycles. The van der Waals surface area contributed by atoms with Gasteiger partial charge < -0.3 is 14.4 Å². The lowest BCUT2D eigenvalue weighted by molar-refractivity contribution is -0.133. The van der Waals surface area contributed by atoms with Gasteiger partial charge in [-0.3, -0.25) is 19.6 Å². The summed E-state index contributed by atoms with van der Waals surface area (Å²) >= 11 is 0. The van der Waals surface area contributed by atoms with Gasteiger partial charge in [-0.05, 0) is 60.2 Å². The molecule has 0 N–H and O–H groups in total. The lowest BCUT2D eigenvalue weighted by Crippen LogP contribution is -2.45. The largest absolute Gasteiger partial charge is 0.496 e. The first-order valence-corrected chi connectivity index (χ1v) is 14.6. The van der Waals surface area contributed by atoms with Crippen molar-refractivity contribution in [2.45, 2.75) is 38.8 Å². The topological polar surface area (TPSA) is 58.1 Å². The van der Waals surface area contributed by atoms with Crippen molar-refractivity contribution in [2.75, 3.05) is 53.0 Å². The summed E-state index contributed by atoms with van der Waals surface area (Å²) in [6.45, 7) is 8.52. The van der Waals surface area contributed by atoms with Crippen molar-refractivity contribution in [3.05, 3.63) is 89.7 Å². The Morgan fingerprint density at radius 1 is 0.900 bits per heavy atom. The first kappa shape index (κ1) is 28.1. The highest BCUT2D eigenvalue weighted by molar-refractivity contribution is 5.76. The second-order valence-corrected chi connectivity index (χ2v) is 11.0. The zero-order valence-electron chi connectivity index (χ0n) is 23.7. The highest BCUT2D eigenvalue weighted by Crippen LogP contribution is 2.23. The number of aryl methyl sites for hydroxylation is 1. The van der Waals surface area contributed by atoms with E-state index < -0.39 is 0 Å². The van der Waals surface area contributed by atoms with Crippen molar-refractivity contribution < 1.29 is 14.3 Å². The molecule has 0 saturated carbocycles. The Bertz CT molecular complexity index is 1200. The van der Waals surface area contributed by atoms with Crippen LogP contribution >= 0.6 is 0 Å². The molecule has 1 aromatic heterocycles. The molecule has 40 heavy (non-hydrogen) atoms. The van der Waals surface area contributed by atoms with Crippen molar-refractivity contribution >= 4 is 5.91 Å². The first-order valence-electron chi connectivity index (χ1n) is 14.6. The molecule has 1 amide bonds. The van der Waals surface area contributed by atoms with Crippen molar-refractivity contribution in [2.24, 2.45) is 5.92 Å². The highest BCUT2D eigenvalue weighted by atomic mass is 16.5. The summed E-state index contributed by atoms with van der Waals surface area (Å²) in [4.78, 5) is 24.2. The number of likely N-dealkylation sites (tertiary alicyclic amines) is 1. The van der Waals surface area contributed by atoms with E-state index in [0.29, 0.717) is 25.4 Å². The molecule has 212 valence electrons. The second kappa shape index (κ2) is 14.3. The molecule has 1 atom stereocenters. The van der Waals surface area contributed by atoms with E-state index in [2.05, 4.69) is 45.1 Å². The van der Waals surface area contributed by atoms with Crippen LogP contribution < -0.4 is 9.47 Å². The van der Waals surface area contributed by atoms with Gasteiger partial charge in [0, 0.05) is 77.1 Å². The molecule has 2 aliphatic heterocycles. The van der Waals surface area contributed by atoms with Gasteiger partial charge in [-0.2, -0.15) is 0 Å². The second-order valence-electron chi connectivity index (χ2n) is 11.0. The number of piperidine rings is 1. The van der Waals surface area contributed by atoms with Crippen LogP contribution in [-0.2, 0) is 24.3 Å². The maximum Gasteiger partial charge on any atom is 0.222 e. The number of carbonyl (C=O) groups excluding carboxylic acids is 1. The minimum Gasteiger partial charge on any atom is -0.496 e. The summed E-state index contributed by atoms with van der Waals surface area (Å²) < 4.78 is 11.6. The van der Waals surface area contributed by atoms with Gasteiger partial charge in [-0.1, -0.05) is 36.4 Å². The van der Waals surface area contributed by atoms with Crippen LogP contribution in [0.4, 0.5) is 0 Å². The predicted molar refractivity (Wildman–Crippen MR) is 157 cm³/mol. The van der Waals surface area contributed by atoms with E-state index in [1.54, 1.807) is 7.11 Å². The minimum absolute atomic E-state index is 0.220. The summed E-state index contributed by atoms with van der Waals surface area (Å²) in [5, 5.41) is 0. The van der Waals surface area contributed by atoms with Gasteiger partial charge in [0.05, 0.1) is 13.7 Å². The molecule has 2 saturated heterocycles. The molecule has 7 heteroatoms. The Kier molecular flexibility index (Phi) is 10.0. The zero-order chi connectivity index (χ0) is 27.6. The van der Waals surface area contributed by atoms with Crippen molar-refractivity contribution in [1.82, 2.24) is 19.7 Å². The van der Waals surface area contributed by atoms with Crippen molar-refractivity contribution in [1.29, 1.82) is 0 Å². The molecule has 0 aliphatic carbocycles. The molecule has 5 rings (SSSR count). The monoisotopic (exact) mass is 542 g/mol. The minimum atomic E-state index is 0.220. The number of rotatable bonds is 11. The van der Waals surface area contributed by atoms with Gasteiger partial charge in [0.15, 0.2) is 0 Å². The Morgan fingerprint density at radius 3 is 2.38 bits per heavy atom. The summed E-state index contributed by atoms with van der Waals surface area (Å²) in [6.07, 6.45) is 7.13. The summed E-state index contributed by atoms with van der Waals surface area (Å²) in [6, 6.07) is 20.7. The quantitative estimate of drug-likeness (QED) is 0.351. The van der Waals surface area contributed by atoms with E-state index in [0.717, 1.165) is 82.3 Å². The third-order valence-electron chi connectivity index (χ3n) is 8.08. The Hall–Kier alpha value is -3.42. The number of ether oxygens (including phenoxy) is 2. The fraction of sp³-hybridized carbons (Fsp3) is 0.455. The number of hydrogen-bond donors (Lipinski definition) is 0. The number of hydrogen-bond acceptors (Lipinski definition) is 6. The molecular formula is C33H42N4O3. The zero-order valence-corrected chi connectivity index (χ0v) is 23.7. The highest BCUT2D eigenvalue weighted by Gasteiger charge is 2.24. The van der Waals surface area contributed by atoms with Crippen LogP contribution in [0.15, 0.2) is 73.1 Å². The fourth-order valence-electron chi connectivity index (χ4n) is 5.76. The van der Waals surface area contributed by atoms with E-state index >= 15 is 0 Å². The fourth-order valence-corrected chi connectivity index (χ4v) is 5.76. The average molecular weight is 543 g/mol. The number of aromatic nitrogens is 1. The Labute approximate surface area is 238 Å². The van der Waals surface area contributed by atoms with E-state index in [1.807, 2.05) is 47.6 Å². The maximum atomic E-state index is 12.9.